The lowest BCUT2D eigenvalue weighted by Crippen LogP contribution is -2.06. The van der Waals surface area contributed by atoms with Crippen LogP contribution in [-0.4, -0.2) is 31.5 Å². The normalized spacial score (nSPS) is 15.5. The van der Waals surface area contributed by atoms with Crippen molar-refractivity contribution in [3.63, 3.8) is 0 Å². The molecule has 0 radical (unpaired) electrons. The molecule has 7 nitrogen and oxygen atoms in total. The summed E-state index contributed by atoms with van der Waals surface area (Å²) in [5, 5.41) is 4.56. The van der Waals surface area contributed by atoms with Crippen LogP contribution >= 0.6 is 11.6 Å². The van der Waals surface area contributed by atoms with Gasteiger partial charge >= 0.3 is 0 Å². The van der Waals surface area contributed by atoms with Crippen LogP contribution in [-0.2, 0) is 9.73 Å². The van der Waals surface area contributed by atoms with Crippen molar-refractivity contribution in [2.75, 3.05) is 12.4 Å². The Labute approximate surface area is 184 Å². The van der Waals surface area contributed by atoms with Crippen molar-refractivity contribution >= 4 is 43.9 Å². The van der Waals surface area contributed by atoms with Crippen molar-refractivity contribution in [1.82, 2.24) is 15.0 Å². The van der Waals surface area contributed by atoms with E-state index < -0.39 is 9.73 Å². The van der Waals surface area contributed by atoms with Crippen molar-refractivity contribution < 1.29 is 8.95 Å². The van der Waals surface area contributed by atoms with Crippen molar-refractivity contribution in [2.24, 2.45) is 0 Å². The van der Waals surface area contributed by atoms with E-state index in [-0.39, 0.29) is 5.25 Å². The first-order valence-corrected chi connectivity index (χ1v) is 11.8. The Morgan fingerprint density at radius 2 is 2.10 bits per heavy atom. The lowest BCUT2D eigenvalue weighted by molar-refractivity contribution is 0.415. The minimum Gasteiger partial charge on any atom is -0.495 e. The summed E-state index contributed by atoms with van der Waals surface area (Å²) >= 11 is 6.43. The molecule has 2 heterocycles. The molecule has 158 valence electrons. The van der Waals surface area contributed by atoms with E-state index in [0.29, 0.717) is 33.0 Å². The first-order valence-electron chi connectivity index (χ1n) is 9.79. The maximum Gasteiger partial charge on any atom is 0.227 e. The summed E-state index contributed by atoms with van der Waals surface area (Å²) in [4.78, 5) is 12.6. The molecule has 1 atom stereocenters. The molecule has 2 aromatic heterocycles. The second kappa shape index (κ2) is 7.55. The summed E-state index contributed by atoms with van der Waals surface area (Å²) in [5.74, 6) is 0.831. The summed E-state index contributed by atoms with van der Waals surface area (Å²) in [7, 11) is -1.28. The number of hydrogen-bond acceptors (Lipinski definition) is 6. The predicted octanol–water partition coefficient (Wildman–Crippen LogP) is 5.60. The van der Waals surface area contributed by atoms with E-state index in [1.165, 1.54) is 7.11 Å². The second-order valence-corrected chi connectivity index (χ2v) is 10.2. The smallest absolute Gasteiger partial charge is 0.227 e. The first kappa shape index (κ1) is 19.8. The number of nitrogens with zero attached hydrogens (tertiary/aromatic N) is 2. The average Bonchev–Trinajstić information content (AvgIpc) is 3.53. The fourth-order valence-electron chi connectivity index (χ4n) is 3.58. The zero-order chi connectivity index (χ0) is 21.6. The number of H-pyrrole nitrogens is 1. The average molecular weight is 454 g/mol. The molecular weight excluding hydrogens is 434 g/mol. The van der Waals surface area contributed by atoms with Gasteiger partial charge in [-0.3, -0.25) is 0 Å². The van der Waals surface area contributed by atoms with E-state index in [4.69, 9.17) is 21.1 Å². The zero-order valence-corrected chi connectivity index (χ0v) is 18.3. The van der Waals surface area contributed by atoms with Crippen molar-refractivity contribution in [3.05, 3.63) is 59.9 Å². The van der Waals surface area contributed by atoms with Crippen LogP contribution in [0.1, 0.15) is 12.8 Å². The summed E-state index contributed by atoms with van der Waals surface area (Å²) in [6.45, 7) is 0. The molecule has 1 aliphatic rings. The molecule has 3 N–H and O–H groups in total. The Kier molecular flexibility index (Phi) is 4.83. The van der Waals surface area contributed by atoms with Gasteiger partial charge in [-0.15, -0.1) is 0 Å². The number of aromatic nitrogens is 3. The molecule has 9 heteroatoms. The van der Waals surface area contributed by atoms with Crippen molar-refractivity contribution in [2.45, 2.75) is 23.0 Å². The largest absolute Gasteiger partial charge is 0.495 e. The Hall–Kier alpha value is -3.10. The molecule has 0 spiro atoms. The van der Waals surface area contributed by atoms with Gasteiger partial charge in [0.15, 0.2) is 0 Å². The SMILES string of the molecule is COc1cc(S(=N)(=O)C2CC2)ccc1Nc1ncc(Cl)c(-c2cccc3[nH]ccc23)n1. The Morgan fingerprint density at radius 1 is 1.26 bits per heavy atom. The fourth-order valence-corrected chi connectivity index (χ4v) is 5.51. The van der Waals surface area contributed by atoms with Crippen LogP contribution in [0.3, 0.4) is 0 Å². The van der Waals surface area contributed by atoms with E-state index in [9.17, 15) is 4.21 Å². The molecule has 5 rings (SSSR count). The standard InChI is InChI=1S/C22H20ClN5O2S/c1-30-20-11-14(31(24,29)13-5-6-13)7-8-19(20)27-22-26-12-17(23)21(28-22)16-3-2-4-18-15(16)9-10-25-18/h2-4,7-13,24-25H,5-6H2,1H3,(H,26,27,28). The third kappa shape index (κ3) is 3.62. The zero-order valence-electron chi connectivity index (χ0n) is 16.7. The number of nitrogens with one attached hydrogen (secondary N) is 3. The van der Waals surface area contributed by atoms with Gasteiger partial charge in [-0.1, -0.05) is 23.7 Å². The molecule has 1 fully saturated rings. The number of rotatable bonds is 6. The summed E-state index contributed by atoms with van der Waals surface area (Å²) in [6.07, 6.45) is 5.10. The maximum atomic E-state index is 12.8. The van der Waals surface area contributed by atoms with Gasteiger partial charge in [-0.05, 0) is 43.2 Å². The number of hydrogen-bond donors (Lipinski definition) is 3. The first-order chi connectivity index (χ1) is 15.0. The van der Waals surface area contributed by atoms with Gasteiger partial charge in [0.05, 0.1) is 44.3 Å². The van der Waals surface area contributed by atoms with Gasteiger partial charge in [-0.25, -0.2) is 19.0 Å². The van der Waals surface area contributed by atoms with Crippen LogP contribution in [0.4, 0.5) is 11.6 Å². The summed E-state index contributed by atoms with van der Waals surface area (Å²) < 4.78 is 26.5. The lowest BCUT2D eigenvalue weighted by Gasteiger charge is -2.14. The predicted molar refractivity (Wildman–Crippen MR) is 123 cm³/mol. The van der Waals surface area contributed by atoms with Gasteiger partial charge in [0.25, 0.3) is 0 Å². The summed E-state index contributed by atoms with van der Waals surface area (Å²) in [6, 6.07) is 13.0. The van der Waals surface area contributed by atoms with Gasteiger partial charge in [0.2, 0.25) is 5.95 Å². The van der Waals surface area contributed by atoms with Crippen LogP contribution in [0.15, 0.2) is 59.8 Å². The Morgan fingerprint density at radius 3 is 2.87 bits per heavy atom. The number of ether oxygens (including phenoxy) is 1. The van der Waals surface area contributed by atoms with E-state index in [1.54, 1.807) is 24.4 Å². The van der Waals surface area contributed by atoms with Crippen LogP contribution in [0.5, 0.6) is 5.75 Å². The Bertz CT molecular complexity index is 1400. The molecule has 0 bridgehead atoms. The number of halogens is 1. The van der Waals surface area contributed by atoms with Crippen LogP contribution in [0, 0.1) is 4.78 Å². The highest BCUT2D eigenvalue weighted by Gasteiger charge is 2.34. The highest BCUT2D eigenvalue weighted by molar-refractivity contribution is 7.93. The quantitative estimate of drug-likeness (QED) is 0.352. The Balaban J connectivity index is 1.51. The topological polar surface area (TPSA) is 104 Å². The van der Waals surface area contributed by atoms with Crippen molar-refractivity contribution in [1.29, 1.82) is 4.78 Å². The highest BCUT2D eigenvalue weighted by atomic mass is 35.5. The molecule has 0 saturated heterocycles. The molecule has 31 heavy (non-hydrogen) atoms. The molecule has 2 aromatic carbocycles. The van der Waals surface area contributed by atoms with Crippen LogP contribution in [0.25, 0.3) is 22.2 Å². The van der Waals surface area contributed by atoms with Gasteiger partial charge in [-0.2, -0.15) is 0 Å². The van der Waals surface area contributed by atoms with Gasteiger partial charge in [0, 0.05) is 27.9 Å². The van der Waals surface area contributed by atoms with Gasteiger partial charge < -0.3 is 15.0 Å². The number of fused-ring (bicyclic) bond motifs is 1. The fraction of sp³-hybridized carbons (Fsp3) is 0.182. The number of aromatic amines is 1. The van der Waals surface area contributed by atoms with E-state index >= 15 is 0 Å². The maximum absolute atomic E-state index is 12.8. The molecular formula is C22H20ClN5O2S. The molecule has 0 aliphatic heterocycles. The molecule has 1 aliphatic carbocycles. The lowest BCUT2D eigenvalue weighted by atomic mass is 10.1. The number of methoxy groups -OCH3 is 1. The van der Waals surface area contributed by atoms with Crippen LogP contribution < -0.4 is 10.1 Å². The second-order valence-electron chi connectivity index (χ2n) is 7.42. The minimum atomic E-state index is -2.81. The summed E-state index contributed by atoms with van der Waals surface area (Å²) in [5.41, 5.74) is 3.12. The highest BCUT2D eigenvalue weighted by Crippen LogP contribution is 2.38. The third-order valence-electron chi connectivity index (χ3n) is 5.36. The molecule has 0 amide bonds. The molecule has 1 saturated carbocycles. The minimum absolute atomic E-state index is 0.0608. The molecule has 4 aromatic rings. The van der Waals surface area contributed by atoms with Gasteiger partial charge in [0.1, 0.15) is 5.75 Å². The third-order valence-corrected chi connectivity index (χ3v) is 8.00. The van der Waals surface area contributed by atoms with E-state index in [1.807, 2.05) is 30.5 Å². The molecule has 1 unspecified atom stereocenters. The van der Waals surface area contributed by atoms with Crippen LogP contribution in [0.2, 0.25) is 5.02 Å². The van der Waals surface area contributed by atoms with E-state index in [0.717, 1.165) is 29.3 Å². The van der Waals surface area contributed by atoms with Crippen molar-refractivity contribution in [3.8, 4) is 17.0 Å². The monoisotopic (exact) mass is 453 g/mol. The van der Waals surface area contributed by atoms with E-state index in [2.05, 4.69) is 20.3 Å². The number of benzene rings is 2. The number of anilines is 2.